The lowest BCUT2D eigenvalue weighted by Crippen LogP contribution is -2.67. The smallest absolute Gasteiger partial charge is 0.435 e. The molecule has 3 aliphatic rings. The molecule has 0 aliphatic heterocycles. The highest BCUT2D eigenvalue weighted by molar-refractivity contribution is 5.40. The predicted molar refractivity (Wildman–Crippen MR) is 148 cm³/mol. The van der Waals surface area contributed by atoms with Crippen molar-refractivity contribution in [2.75, 3.05) is 33.0 Å². The Morgan fingerprint density at radius 2 is 1.47 bits per heavy atom. The third-order valence-corrected chi connectivity index (χ3v) is 10.0. The standard InChI is InChI=1S/C32H43F9O4/c1-3-15-42-16-4-5-17-43-22-8-10-23-21(20-22)7-9-25-24(23)13-14-28(2)26(25)11-12-27(28)44-18-6-19-45-29(30(33,34)35,31(36,37)38)32(39,40)41/h8,10,20,24-27H,3-7,9,11-19H2,1-2H3/t24-,25-,26+,27+,28+/m1/s1. The minimum atomic E-state index is -6.73. The quantitative estimate of drug-likeness (QED) is 0.147. The largest absolute Gasteiger partial charge is 0.494 e. The summed E-state index contributed by atoms with van der Waals surface area (Å²) in [5.41, 5.74) is -3.86. The number of rotatable bonds is 14. The zero-order valence-electron chi connectivity index (χ0n) is 25.7. The molecule has 0 heterocycles. The van der Waals surface area contributed by atoms with Crippen LogP contribution in [0.4, 0.5) is 39.5 Å². The van der Waals surface area contributed by atoms with Crippen molar-refractivity contribution in [2.45, 2.75) is 114 Å². The van der Waals surface area contributed by atoms with Crippen LogP contribution >= 0.6 is 0 Å². The number of hydrogen-bond donors (Lipinski definition) is 0. The first kappa shape index (κ1) is 36.1. The Bertz CT molecular complexity index is 1070. The van der Waals surface area contributed by atoms with E-state index in [0.29, 0.717) is 30.8 Å². The summed E-state index contributed by atoms with van der Waals surface area (Å²) in [5.74, 6) is 1.97. The summed E-state index contributed by atoms with van der Waals surface area (Å²) in [6.45, 7) is 4.61. The van der Waals surface area contributed by atoms with Crippen molar-refractivity contribution in [3.63, 3.8) is 0 Å². The fourth-order valence-electron chi connectivity index (χ4n) is 7.85. The maximum atomic E-state index is 13.1. The second-order valence-corrected chi connectivity index (χ2v) is 12.8. The number of ether oxygens (including phenoxy) is 4. The van der Waals surface area contributed by atoms with E-state index in [2.05, 4.69) is 30.7 Å². The van der Waals surface area contributed by atoms with Crippen molar-refractivity contribution < 1.29 is 58.5 Å². The molecule has 258 valence electrons. The molecule has 0 bridgehead atoms. The molecule has 0 radical (unpaired) electrons. The summed E-state index contributed by atoms with van der Waals surface area (Å²) >= 11 is 0. The van der Waals surface area contributed by atoms with Gasteiger partial charge in [-0.25, -0.2) is 0 Å². The van der Waals surface area contributed by atoms with E-state index < -0.39 is 37.2 Å². The van der Waals surface area contributed by atoms with Gasteiger partial charge in [0.1, 0.15) is 5.75 Å². The summed E-state index contributed by atoms with van der Waals surface area (Å²) in [4.78, 5) is 0. The van der Waals surface area contributed by atoms with E-state index in [-0.39, 0.29) is 18.1 Å². The van der Waals surface area contributed by atoms with Gasteiger partial charge in [-0.1, -0.05) is 19.9 Å². The summed E-state index contributed by atoms with van der Waals surface area (Å²) in [5, 5.41) is 0. The lowest BCUT2D eigenvalue weighted by Gasteiger charge is -2.50. The molecule has 4 rings (SSSR count). The fraction of sp³-hybridized carbons (Fsp3) is 0.812. The Morgan fingerprint density at radius 3 is 2.13 bits per heavy atom. The molecule has 0 unspecified atom stereocenters. The van der Waals surface area contributed by atoms with Crippen LogP contribution < -0.4 is 4.74 Å². The molecule has 0 saturated heterocycles. The number of alkyl halides is 9. The second-order valence-electron chi connectivity index (χ2n) is 12.8. The highest BCUT2D eigenvalue weighted by Gasteiger charge is 2.85. The predicted octanol–water partition coefficient (Wildman–Crippen LogP) is 9.35. The average molecular weight is 663 g/mol. The third-order valence-electron chi connectivity index (χ3n) is 10.0. The number of unbranched alkanes of at least 4 members (excludes halogenated alkanes) is 1. The zero-order chi connectivity index (χ0) is 33.1. The Balaban J connectivity index is 1.29. The summed E-state index contributed by atoms with van der Waals surface area (Å²) in [6, 6.07) is 6.33. The first-order chi connectivity index (χ1) is 21.1. The van der Waals surface area contributed by atoms with Gasteiger partial charge in [0.05, 0.1) is 19.3 Å². The Hall–Kier alpha value is -1.73. The van der Waals surface area contributed by atoms with Gasteiger partial charge < -0.3 is 18.9 Å². The van der Waals surface area contributed by atoms with E-state index in [4.69, 9.17) is 14.2 Å². The second kappa shape index (κ2) is 14.2. The first-order valence-electron chi connectivity index (χ1n) is 15.9. The molecular weight excluding hydrogens is 619 g/mol. The third kappa shape index (κ3) is 7.40. The van der Waals surface area contributed by atoms with Crippen molar-refractivity contribution in [3.8, 4) is 5.75 Å². The molecule has 13 heteroatoms. The van der Waals surface area contributed by atoms with Crippen LogP contribution in [0.1, 0.15) is 88.7 Å². The van der Waals surface area contributed by atoms with E-state index in [1.54, 1.807) is 0 Å². The van der Waals surface area contributed by atoms with Gasteiger partial charge in [0.15, 0.2) is 0 Å². The highest BCUT2D eigenvalue weighted by atomic mass is 19.4. The summed E-state index contributed by atoms with van der Waals surface area (Å²) < 4.78 is 139. The van der Waals surface area contributed by atoms with Gasteiger partial charge in [-0.15, -0.1) is 0 Å². The Morgan fingerprint density at radius 1 is 0.778 bits per heavy atom. The van der Waals surface area contributed by atoms with Crippen LogP contribution in [0.15, 0.2) is 18.2 Å². The SMILES string of the molecule is CCCOCCCCOc1ccc2c(c1)CC[C@@H]1[C@@H]2CC[C@]2(C)[C@@H](OCCCOC(C(F)(F)F)(C(F)(F)F)C(F)(F)F)CC[C@@H]12. The van der Waals surface area contributed by atoms with Crippen LogP contribution in [0, 0.1) is 17.3 Å². The van der Waals surface area contributed by atoms with Crippen LogP contribution in [-0.2, 0) is 20.6 Å². The number of hydrogen-bond acceptors (Lipinski definition) is 4. The number of aryl methyl sites for hydroxylation is 1. The van der Waals surface area contributed by atoms with E-state index in [1.807, 2.05) is 6.07 Å². The van der Waals surface area contributed by atoms with E-state index in [1.165, 1.54) is 11.1 Å². The van der Waals surface area contributed by atoms with Gasteiger partial charge in [-0.3, -0.25) is 0 Å². The van der Waals surface area contributed by atoms with Gasteiger partial charge in [-0.05, 0) is 111 Å². The summed E-state index contributed by atoms with van der Waals surface area (Å²) in [6.07, 6.45) is -13.0. The number of benzene rings is 1. The van der Waals surface area contributed by atoms with Crippen molar-refractivity contribution in [1.82, 2.24) is 0 Å². The van der Waals surface area contributed by atoms with Crippen molar-refractivity contribution in [3.05, 3.63) is 29.3 Å². The molecule has 2 saturated carbocycles. The normalized spacial score (nSPS) is 27.2. The fourth-order valence-corrected chi connectivity index (χ4v) is 7.85. The number of halogens is 9. The topological polar surface area (TPSA) is 36.9 Å². The lowest BCUT2D eigenvalue weighted by atomic mass is 9.55. The maximum absolute atomic E-state index is 13.1. The zero-order valence-corrected chi connectivity index (χ0v) is 25.7. The molecular formula is C32H43F9O4. The Labute approximate surface area is 258 Å². The van der Waals surface area contributed by atoms with E-state index >= 15 is 0 Å². The minimum Gasteiger partial charge on any atom is -0.494 e. The molecule has 2 fully saturated rings. The first-order valence-corrected chi connectivity index (χ1v) is 15.9. The number of fused-ring (bicyclic) bond motifs is 5. The molecule has 1 aromatic rings. The van der Waals surface area contributed by atoms with Crippen LogP contribution in [0.2, 0.25) is 0 Å². The van der Waals surface area contributed by atoms with E-state index in [9.17, 15) is 39.5 Å². The Kier molecular flexibility index (Phi) is 11.4. The monoisotopic (exact) mass is 662 g/mol. The maximum Gasteiger partial charge on any atom is 0.435 e. The van der Waals surface area contributed by atoms with Gasteiger partial charge in [0.2, 0.25) is 0 Å². The molecule has 1 aromatic carbocycles. The van der Waals surface area contributed by atoms with Gasteiger partial charge in [-0.2, -0.15) is 39.5 Å². The van der Waals surface area contributed by atoms with Gasteiger partial charge >= 0.3 is 24.1 Å². The van der Waals surface area contributed by atoms with Crippen molar-refractivity contribution in [2.24, 2.45) is 17.3 Å². The van der Waals surface area contributed by atoms with E-state index in [0.717, 1.165) is 70.3 Å². The minimum absolute atomic E-state index is 0.239. The van der Waals surface area contributed by atoms with Crippen LogP contribution in [0.25, 0.3) is 0 Å². The highest BCUT2D eigenvalue weighted by Crippen LogP contribution is 2.62. The molecule has 4 nitrogen and oxygen atoms in total. The average Bonchev–Trinajstić information content (AvgIpc) is 3.28. The molecule has 5 atom stereocenters. The van der Waals surface area contributed by atoms with Gasteiger partial charge in [0, 0.05) is 19.8 Å². The van der Waals surface area contributed by atoms with Crippen LogP contribution in [-0.4, -0.2) is 63.3 Å². The van der Waals surface area contributed by atoms with Crippen molar-refractivity contribution in [1.29, 1.82) is 0 Å². The van der Waals surface area contributed by atoms with Crippen molar-refractivity contribution >= 4 is 0 Å². The lowest BCUT2D eigenvalue weighted by molar-refractivity contribution is -0.457. The van der Waals surface area contributed by atoms with Crippen LogP contribution in [0.5, 0.6) is 5.75 Å². The van der Waals surface area contributed by atoms with Gasteiger partial charge in [0.25, 0.3) is 0 Å². The molecule has 45 heavy (non-hydrogen) atoms. The molecule has 0 spiro atoms. The molecule has 0 aromatic heterocycles. The summed E-state index contributed by atoms with van der Waals surface area (Å²) in [7, 11) is 0. The molecule has 0 N–H and O–H groups in total. The molecule has 0 amide bonds. The molecule has 3 aliphatic carbocycles. The van der Waals surface area contributed by atoms with Crippen LogP contribution in [0.3, 0.4) is 0 Å².